The first-order valence-electron chi connectivity index (χ1n) is 5.98. The smallest absolute Gasteiger partial charge is 0.236 e. The van der Waals surface area contributed by atoms with E-state index in [1.807, 2.05) is 22.4 Å². The first-order chi connectivity index (χ1) is 8.70. The second-order valence-electron chi connectivity index (χ2n) is 4.22. The van der Waals surface area contributed by atoms with Crippen molar-refractivity contribution in [1.82, 2.24) is 9.80 Å². The first-order valence-corrected chi connectivity index (χ1v) is 6.86. The normalized spacial score (nSPS) is 15.8. The molecule has 0 spiro atoms. The van der Waals surface area contributed by atoms with Crippen LogP contribution in [-0.4, -0.2) is 54.3 Å². The van der Waals surface area contributed by atoms with Crippen LogP contribution in [0.2, 0.25) is 0 Å². The van der Waals surface area contributed by atoms with Gasteiger partial charge in [0.15, 0.2) is 0 Å². The Morgan fingerprint density at radius 2 is 1.78 bits per heavy atom. The monoisotopic (exact) mass is 267 g/mol. The molecule has 1 aromatic rings. The maximum absolute atomic E-state index is 12.0. The van der Waals surface area contributed by atoms with Gasteiger partial charge in [-0.25, -0.2) is 0 Å². The quantitative estimate of drug-likeness (QED) is 0.833. The van der Waals surface area contributed by atoms with Crippen LogP contribution in [0.5, 0.6) is 0 Å². The number of piperazine rings is 1. The van der Waals surface area contributed by atoms with E-state index < -0.39 is 0 Å². The molecule has 1 saturated heterocycles. The van der Waals surface area contributed by atoms with Crippen molar-refractivity contribution in [2.24, 2.45) is 5.73 Å². The zero-order chi connectivity index (χ0) is 13.0. The van der Waals surface area contributed by atoms with Gasteiger partial charge in [-0.3, -0.25) is 9.59 Å². The minimum Gasteiger partial charge on any atom is -0.339 e. The molecule has 2 amide bonds. The second kappa shape index (κ2) is 5.97. The van der Waals surface area contributed by atoms with Crippen LogP contribution in [-0.2, 0) is 16.0 Å². The highest BCUT2D eigenvalue weighted by Gasteiger charge is 2.23. The lowest BCUT2D eigenvalue weighted by Crippen LogP contribution is -2.52. The molecule has 1 fully saturated rings. The molecule has 0 bridgehead atoms. The van der Waals surface area contributed by atoms with Gasteiger partial charge in [0.1, 0.15) is 0 Å². The Labute approximate surface area is 110 Å². The van der Waals surface area contributed by atoms with Gasteiger partial charge in [-0.15, -0.1) is 11.3 Å². The fourth-order valence-corrected chi connectivity index (χ4v) is 2.70. The van der Waals surface area contributed by atoms with E-state index in [9.17, 15) is 9.59 Å². The second-order valence-corrected chi connectivity index (χ2v) is 5.25. The van der Waals surface area contributed by atoms with Crippen molar-refractivity contribution in [3.8, 4) is 0 Å². The lowest BCUT2D eigenvalue weighted by Gasteiger charge is -2.34. The van der Waals surface area contributed by atoms with Gasteiger partial charge in [-0.05, 0) is 11.4 Å². The first kappa shape index (κ1) is 13.0. The van der Waals surface area contributed by atoms with Crippen molar-refractivity contribution in [3.05, 3.63) is 22.4 Å². The van der Waals surface area contributed by atoms with Gasteiger partial charge in [0, 0.05) is 31.1 Å². The number of hydrogen-bond acceptors (Lipinski definition) is 4. The van der Waals surface area contributed by atoms with Gasteiger partial charge in [-0.1, -0.05) is 6.07 Å². The molecule has 2 rings (SSSR count). The van der Waals surface area contributed by atoms with E-state index in [1.165, 1.54) is 0 Å². The maximum atomic E-state index is 12.0. The fourth-order valence-electron chi connectivity index (χ4n) is 2.01. The standard InChI is InChI=1S/C12H17N3O2S/c13-9-12(17)15-5-3-14(4-6-15)11(16)8-10-2-1-7-18-10/h1-2,7H,3-6,8-9,13H2. The molecule has 18 heavy (non-hydrogen) atoms. The number of rotatable bonds is 3. The molecular formula is C12H17N3O2S. The van der Waals surface area contributed by atoms with Crippen molar-refractivity contribution in [2.45, 2.75) is 6.42 Å². The number of hydrogen-bond donors (Lipinski definition) is 1. The highest BCUT2D eigenvalue weighted by atomic mass is 32.1. The lowest BCUT2D eigenvalue weighted by atomic mass is 10.2. The Balaban J connectivity index is 1.82. The summed E-state index contributed by atoms with van der Waals surface area (Å²) >= 11 is 1.60. The molecule has 0 unspecified atom stereocenters. The molecule has 2 N–H and O–H groups in total. The Morgan fingerprint density at radius 3 is 2.28 bits per heavy atom. The van der Waals surface area contributed by atoms with E-state index in [4.69, 9.17) is 5.73 Å². The number of nitrogens with zero attached hydrogens (tertiary/aromatic N) is 2. The van der Waals surface area contributed by atoms with Crippen LogP contribution in [0.1, 0.15) is 4.88 Å². The topological polar surface area (TPSA) is 66.6 Å². The summed E-state index contributed by atoms with van der Waals surface area (Å²) in [5, 5.41) is 1.97. The molecule has 1 aromatic heterocycles. The van der Waals surface area contributed by atoms with E-state index in [0.29, 0.717) is 32.6 Å². The zero-order valence-electron chi connectivity index (χ0n) is 10.2. The molecule has 1 aliphatic heterocycles. The largest absolute Gasteiger partial charge is 0.339 e. The van der Waals surface area contributed by atoms with Crippen LogP contribution in [0.3, 0.4) is 0 Å². The van der Waals surface area contributed by atoms with Crippen molar-refractivity contribution < 1.29 is 9.59 Å². The zero-order valence-corrected chi connectivity index (χ0v) is 11.0. The van der Waals surface area contributed by atoms with Crippen molar-refractivity contribution in [2.75, 3.05) is 32.7 Å². The Kier molecular flexibility index (Phi) is 4.33. The number of carbonyl (C=O) groups excluding carboxylic acids is 2. The molecule has 6 heteroatoms. The minimum atomic E-state index is -0.0413. The Bertz CT molecular complexity index is 411. The highest BCUT2D eigenvalue weighted by Crippen LogP contribution is 2.12. The molecule has 0 aliphatic carbocycles. The summed E-state index contributed by atoms with van der Waals surface area (Å²) < 4.78 is 0. The summed E-state index contributed by atoms with van der Waals surface area (Å²) in [4.78, 5) is 28.0. The van der Waals surface area contributed by atoms with Crippen molar-refractivity contribution >= 4 is 23.2 Å². The van der Waals surface area contributed by atoms with Crippen molar-refractivity contribution in [3.63, 3.8) is 0 Å². The van der Waals surface area contributed by atoms with Crippen molar-refractivity contribution in [1.29, 1.82) is 0 Å². The molecule has 5 nitrogen and oxygen atoms in total. The predicted molar refractivity (Wildman–Crippen MR) is 70.2 cm³/mol. The van der Waals surface area contributed by atoms with Crippen LogP contribution in [0.25, 0.3) is 0 Å². The molecule has 0 radical (unpaired) electrons. The summed E-state index contributed by atoms with van der Waals surface area (Å²) in [5.74, 6) is 0.0950. The predicted octanol–water partition coefficient (Wildman–Crippen LogP) is -0.0799. The Hall–Kier alpha value is -1.40. The van der Waals surface area contributed by atoms with Gasteiger partial charge in [0.2, 0.25) is 11.8 Å². The third kappa shape index (κ3) is 3.08. The van der Waals surface area contributed by atoms with Gasteiger partial charge in [0.05, 0.1) is 13.0 Å². The molecule has 2 heterocycles. The molecule has 0 saturated carbocycles. The Morgan fingerprint density at radius 1 is 1.17 bits per heavy atom. The van der Waals surface area contributed by atoms with Crippen LogP contribution in [0.4, 0.5) is 0 Å². The fraction of sp³-hybridized carbons (Fsp3) is 0.500. The number of thiophene rings is 1. The minimum absolute atomic E-state index is 0.0413. The van der Waals surface area contributed by atoms with Gasteiger partial charge in [0.25, 0.3) is 0 Å². The number of amides is 2. The molecule has 0 atom stereocenters. The van der Waals surface area contributed by atoms with Crippen LogP contribution in [0.15, 0.2) is 17.5 Å². The van der Waals surface area contributed by atoms with Crippen LogP contribution < -0.4 is 5.73 Å². The lowest BCUT2D eigenvalue weighted by molar-refractivity contribution is -0.138. The summed E-state index contributed by atoms with van der Waals surface area (Å²) in [6.45, 7) is 2.44. The van der Waals surface area contributed by atoms with E-state index >= 15 is 0 Å². The summed E-state index contributed by atoms with van der Waals surface area (Å²) in [7, 11) is 0. The van der Waals surface area contributed by atoms with Crippen LogP contribution in [0, 0.1) is 0 Å². The van der Waals surface area contributed by atoms with E-state index in [-0.39, 0.29) is 18.4 Å². The van der Waals surface area contributed by atoms with E-state index in [0.717, 1.165) is 4.88 Å². The van der Waals surface area contributed by atoms with E-state index in [2.05, 4.69) is 0 Å². The molecular weight excluding hydrogens is 250 g/mol. The molecule has 0 aromatic carbocycles. The summed E-state index contributed by atoms with van der Waals surface area (Å²) in [6.07, 6.45) is 0.461. The summed E-state index contributed by atoms with van der Waals surface area (Å²) in [5.41, 5.74) is 5.32. The van der Waals surface area contributed by atoms with Gasteiger partial charge < -0.3 is 15.5 Å². The molecule has 98 valence electrons. The summed E-state index contributed by atoms with van der Waals surface area (Å²) in [6, 6.07) is 3.92. The number of carbonyl (C=O) groups is 2. The average Bonchev–Trinajstić information content (AvgIpc) is 2.91. The molecule has 1 aliphatic rings. The van der Waals surface area contributed by atoms with E-state index in [1.54, 1.807) is 16.2 Å². The SMILES string of the molecule is NCC(=O)N1CCN(C(=O)Cc2cccs2)CC1. The highest BCUT2D eigenvalue weighted by molar-refractivity contribution is 7.10. The number of nitrogens with two attached hydrogens (primary N) is 1. The maximum Gasteiger partial charge on any atom is 0.236 e. The van der Waals surface area contributed by atoms with Gasteiger partial charge >= 0.3 is 0 Å². The third-order valence-corrected chi connectivity index (χ3v) is 3.94. The van der Waals surface area contributed by atoms with Gasteiger partial charge in [-0.2, -0.15) is 0 Å². The average molecular weight is 267 g/mol. The third-order valence-electron chi connectivity index (χ3n) is 3.07. The van der Waals surface area contributed by atoms with Crippen LogP contribution >= 0.6 is 11.3 Å².